The Hall–Kier alpha value is -2.51. The van der Waals surface area contributed by atoms with Crippen LogP contribution in [0.3, 0.4) is 0 Å². The molecule has 0 saturated carbocycles. The fourth-order valence-electron chi connectivity index (χ4n) is 4.50. The number of fused-ring (bicyclic) bond motifs is 1. The molecule has 31 heavy (non-hydrogen) atoms. The van der Waals surface area contributed by atoms with E-state index >= 15 is 0 Å². The second kappa shape index (κ2) is 9.75. The summed E-state index contributed by atoms with van der Waals surface area (Å²) in [6, 6.07) is 14.2. The summed E-state index contributed by atoms with van der Waals surface area (Å²) in [5, 5.41) is 5.62. The first-order valence-corrected chi connectivity index (χ1v) is 12.1. The minimum absolute atomic E-state index is 0.0777. The van der Waals surface area contributed by atoms with E-state index in [-0.39, 0.29) is 6.04 Å². The molecule has 4 rings (SSSR count). The molecule has 1 saturated heterocycles. The van der Waals surface area contributed by atoms with Crippen LogP contribution in [0.2, 0.25) is 0 Å². The average Bonchev–Trinajstić information content (AvgIpc) is 3.44. The quantitative estimate of drug-likeness (QED) is 0.535. The molecule has 2 N–H and O–H groups in total. The highest BCUT2D eigenvalue weighted by Crippen LogP contribution is 2.32. The predicted molar refractivity (Wildman–Crippen MR) is 127 cm³/mol. The number of nitrogens with zero attached hydrogens (tertiary/aromatic N) is 2. The molecule has 0 unspecified atom stereocenters. The van der Waals surface area contributed by atoms with Gasteiger partial charge in [-0.25, -0.2) is 0 Å². The average molecular weight is 439 g/mol. The Bertz CT molecular complexity index is 958. The molecule has 2 heterocycles. The van der Waals surface area contributed by atoms with Gasteiger partial charge in [-0.1, -0.05) is 24.3 Å². The molecular weight excluding hydrogens is 408 g/mol. The first kappa shape index (κ1) is 21.7. The van der Waals surface area contributed by atoms with Gasteiger partial charge < -0.3 is 15.5 Å². The number of benzene rings is 2. The van der Waals surface area contributed by atoms with Crippen molar-refractivity contribution in [2.45, 2.75) is 30.2 Å². The van der Waals surface area contributed by atoms with Crippen LogP contribution in [-0.2, 0) is 16.0 Å². The van der Waals surface area contributed by atoms with Gasteiger partial charge in [0.1, 0.15) is 0 Å². The molecule has 1 atom stereocenters. The molecule has 164 valence electrons. The minimum Gasteiger partial charge on any atom is -0.374 e. The molecule has 7 heteroatoms. The smallest absolute Gasteiger partial charge is 0.313 e. The number of likely N-dealkylation sites (tertiary alicyclic amines) is 1. The van der Waals surface area contributed by atoms with Crippen molar-refractivity contribution < 1.29 is 9.59 Å². The van der Waals surface area contributed by atoms with E-state index in [2.05, 4.69) is 45.7 Å². The van der Waals surface area contributed by atoms with Gasteiger partial charge in [0.2, 0.25) is 0 Å². The van der Waals surface area contributed by atoms with Crippen molar-refractivity contribution in [2.24, 2.45) is 0 Å². The minimum atomic E-state index is -0.628. The molecule has 2 amide bonds. The summed E-state index contributed by atoms with van der Waals surface area (Å²) in [6.07, 6.45) is 5.34. The van der Waals surface area contributed by atoms with Crippen molar-refractivity contribution in [3.63, 3.8) is 0 Å². The molecule has 2 aromatic rings. The lowest BCUT2D eigenvalue weighted by Crippen LogP contribution is -2.41. The Morgan fingerprint density at radius 3 is 2.61 bits per heavy atom. The number of anilines is 2. The molecule has 0 radical (unpaired) electrons. The summed E-state index contributed by atoms with van der Waals surface area (Å²) in [5.41, 5.74) is 4.53. The van der Waals surface area contributed by atoms with Gasteiger partial charge in [0.05, 0.1) is 11.7 Å². The number of rotatable bonds is 6. The molecule has 0 aromatic heterocycles. The van der Waals surface area contributed by atoms with E-state index in [1.807, 2.05) is 30.5 Å². The van der Waals surface area contributed by atoms with E-state index in [9.17, 15) is 9.59 Å². The second-order valence-corrected chi connectivity index (χ2v) is 9.03. The molecule has 0 bridgehead atoms. The summed E-state index contributed by atoms with van der Waals surface area (Å²) in [5.74, 6) is -1.22. The van der Waals surface area contributed by atoms with Crippen molar-refractivity contribution >= 4 is 35.0 Å². The normalized spacial score (nSPS) is 16.8. The van der Waals surface area contributed by atoms with Gasteiger partial charge in [-0.3, -0.25) is 14.5 Å². The third kappa shape index (κ3) is 4.88. The van der Waals surface area contributed by atoms with Gasteiger partial charge in [-0.05, 0) is 67.9 Å². The van der Waals surface area contributed by atoms with Gasteiger partial charge in [0, 0.05) is 30.7 Å². The maximum atomic E-state index is 12.6. The summed E-state index contributed by atoms with van der Waals surface area (Å²) in [7, 11) is 2.12. The number of thioether (sulfide) groups is 1. The van der Waals surface area contributed by atoms with Crippen LogP contribution in [0, 0.1) is 0 Å². The standard InChI is InChI=1S/C24H30N4O2S/c1-27-14-11-18-15-17(9-10-20(18)27)21(28-12-5-6-13-28)16-25-23(29)24(30)26-19-7-3-4-8-22(19)31-2/h3-4,7-10,15,21H,5-6,11-14,16H2,1-2H3,(H,25,29)(H,26,30)/t21-/m1/s1. The number of hydrogen-bond donors (Lipinski definition) is 2. The predicted octanol–water partition coefficient (Wildman–Crippen LogP) is 3.29. The number of likely N-dealkylation sites (N-methyl/N-ethyl adjacent to an activating group) is 1. The Morgan fingerprint density at radius 2 is 1.84 bits per heavy atom. The highest BCUT2D eigenvalue weighted by Gasteiger charge is 2.27. The number of amides is 2. The van der Waals surface area contributed by atoms with Crippen molar-refractivity contribution in [3.8, 4) is 0 Å². The molecule has 2 aliphatic heterocycles. The van der Waals surface area contributed by atoms with Gasteiger partial charge in [-0.15, -0.1) is 11.8 Å². The first-order chi connectivity index (χ1) is 15.1. The van der Waals surface area contributed by atoms with Crippen molar-refractivity contribution in [2.75, 3.05) is 49.7 Å². The lowest BCUT2D eigenvalue weighted by Gasteiger charge is -2.28. The van der Waals surface area contributed by atoms with Gasteiger partial charge in [-0.2, -0.15) is 0 Å². The lowest BCUT2D eigenvalue weighted by molar-refractivity contribution is -0.136. The molecule has 0 spiro atoms. The molecule has 6 nitrogen and oxygen atoms in total. The Labute approximate surface area is 188 Å². The van der Waals surface area contributed by atoms with E-state index in [0.717, 1.165) is 31.0 Å². The van der Waals surface area contributed by atoms with Crippen LogP contribution in [0.5, 0.6) is 0 Å². The first-order valence-electron chi connectivity index (χ1n) is 10.9. The van der Waals surface area contributed by atoms with E-state index in [1.165, 1.54) is 41.4 Å². The van der Waals surface area contributed by atoms with Gasteiger partial charge in [0.25, 0.3) is 0 Å². The number of nitrogens with one attached hydrogen (secondary N) is 2. The summed E-state index contributed by atoms with van der Waals surface area (Å²) >= 11 is 1.53. The van der Waals surface area contributed by atoms with Crippen LogP contribution in [-0.4, -0.2) is 56.2 Å². The summed E-state index contributed by atoms with van der Waals surface area (Å²) in [4.78, 5) is 30.7. The third-order valence-electron chi connectivity index (χ3n) is 6.21. The van der Waals surface area contributed by atoms with Crippen LogP contribution >= 0.6 is 11.8 Å². The summed E-state index contributed by atoms with van der Waals surface area (Å²) < 4.78 is 0. The lowest BCUT2D eigenvalue weighted by atomic mass is 10.0. The maximum absolute atomic E-state index is 12.6. The van der Waals surface area contributed by atoms with Crippen molar-refractivity contribution in [3.05, 3.63) is 53.6 Å². The van der Waals surface area contributed by atoms with E-state index < -0.39 is 11.8 Å². The van der Waals surface area contributed by atoms with Gasteiger partial charge >= 0.3 is 11.8 Å². The zero-order valence-corrected chi connectivity index (χ0v) is 19.0. The molecular formula is C24H30N4O2S. The van der Waals surface area contributed by atoms with E-state index in [0.29, 0.717) is 12.2 Å². The monoisotopic (exact) mass is 438 g/mol. The topological polar surface area (TPSA) is 64.7 Å². The van der Waals surface area contributed by atoms with Crippen LogP contribution in [0.15, 0.2) is 47.4 Å². The Kier molecular flexibility index (Phi) is 6.83. The zero-order chi connectivity index (χ0) is 21.8. The van der Waals surface area contributed by atoms with E-state index in [4.69, 9.17) is 0 Å². The number of carbonyl (C=O) groups is 2. The van der Waals surface area contributed by atoms with Crippen molar-refractivity contribution in [1.82, 2.24) is 10.2 Å². The molecule has 2 aromatic carbocycles. The Morgan fingerprint density at radius 1 is 1.06 bits per heavy atom. The fraction of sp³-hybridized carbons (Fsp3) is 0.417. The number of carbonyl (C=O) groups excluding carboxylic acids is 2. The fourth-order valence-corrected chi connectivity index (χ4v) is 5.06. The maximum Gasteiger partial charge on any atom is 0.313 e. The largest absolute Gasteiger partial charge is 0.374 e. The molecule has 0 aliphatic carbocycles. The SMILES string of the molecule is CSc1ccccc1NC(=O)C(=O)NC[C@H](c1ccc2c(c1)CCN2C)N1CCCC1. The van der Waals surface area contributed by atoms with Crippen molar-refractivity contribution in [1.29, 1.82) is 0 Å². The number of hydrogen-bond acceptors (Lipinski definition) is 5. The van der Waals surface area contributed by atoms with Crippen LogP contribution in [0.25, 0.3) is 0 Å². The van der Waals surface area contributed by atoms with Crippen LogP contribution < -0.4 is 15.5 Å². The van der Waals surface area contributed by atoms with Crippen LogP contribution in [0.4, 0.5) is 11.4 Å². The molecule has 2 aliphatic rings. The second-order valence-electron chi connectivity index (χ2n) is 8.18. The number of para-hydroxylation sites is 1. The van der Waals surface area contributed by atoms with E-state index in [1.54, 1.807) is 0 Å². The highest BCUT2D eigenvalue weighted by atomic mass is 32.2. The molecule has 1 fully saturated rings. The third-order valence-corrected chi connectivity index (χ3v) is 7.01. The van der Waals surface area contributed by atoms with Gasteiger partial charge in [0.15, 0.2) is 0 Å². The van der Waals surface area contributed by atoms with Crippen LogP contribution in [0.1, 0.15) is 30.0 Å². The summed E-state index contributed by atoms with van der Waals surface area (Å²) in [6.45, 7) is 3.50. The highest BCUT2D eigenvalue weighted by molar-refractivity contribution is 7.98. The Balaban J connectivity index is 1.44. The zero-order valence-electron chi connectivity index (χ0n) is 18.2.